The van der Waals surface area contributed by atoms with E-state index in [0.717, 1.165) is 11.6 Å². The van der Waals surface area contributed by atoms with Crippen molar-refractivity contribution in [2.75, 3.05) is 0 Å². The first-order valence-corrected chi connectivity index (χ1v) is 4.62. The Morgan fingerprint density at radius 2 is 2.07 bits per heavy atom. The van der Waals surface area contributed by atoms with Crippen LogP contribution in [0.25, 0.3) is 5.57 Å². The van der Waals surface area contributed by atoms with Crippen molar-refractivity contribution in [1.29, 1.82) is 0 Å². The molecule has 0 spiro atoms. The smallest absolute Gasteiger partial charge is 0.273 e. The van der Waals surface area contributed by atoms with Crippen LogP contribution in [0.1, 0.15) is 32.2 Å². The van der Waals surface area contributed by atoms with Gasteiger partial charge in [-0.3, -0.25) is 5.10 Å². The maximum absolute atomic E-state index is 12.2. The van der Waals surface area contributed by atoms with Gasteiger partial charge in [0.15, 0.2) is 0 Å². The SMILES string of the molecule is C/C(=C\C(C)C)c1cc(C(F)(F)F)[nH]n1. The number of halogens is 3. The fourth-order valence-electron chi connectivity index (χ4n) is 1.25. The van der Waals surface area contributed by atoms with Gasteiger partial charge in [-0.1, -0.05) is 19.9 Å². The van der Waals surface area contributed by atoms with Crippen molar-refractivity contribution in [3.8, 4) is 0 Å². The van der Waals surface area contributed by atoms with E-state index in [9.17, 15) is 13.2 Å². The van der Waals surface area contributed by atoms with Gasteiger partial charge in [-0.2, -0.15) is 18.3 Å². The molecule has 1 heterocycles. The van der Waals surface area contributed by atoms with Crippen LogP contribution in [0.5, 0.6) is 0 Å². The molecule has 0 saturated carbocycles. The molecule has 0 unspecified atom stereocenters. The van der Waals surface area contributed by atoms with Crippen LogP contribution in [-0.4, -0.2) is 10.2 Å². The van der Waals surface area contributed by atoms with Crippen LogP contribution in [0.15, 0.2) is 12.1 Å². The van der Waals surface area contributed by atoms with Crippen LogP contribution < -0.4 is 0 Å². The summed E-state index contributed by atoms with van der Waals surface area (Å²) in [5.74, 6) is 0.288. The summed E-state index contributed by atoms with van der Waals surface area (Å²) in [7, 11) is 0. The number of aromatic amines is 1. The summed E-state index contributed by atoms with van der Waals surface area (Å²) >= 11 is 0. The molecule has 1 aromatic heterocycles. The summed E-state index contributed by atoms with van der Waals surface area (Å²) in [6, 6.07) is 1.02. The van der Waals surface area contributed by atoms with Gasteiger partial charge in [0, 0.05) is 0 Å². The number of aromatic nitrogens is 2. The predicted octanol–water partition coefficient (Wildman–Crippen LogP) is 3.49. The lowest BCUT2D eigenvalue weighted by Crippen LogP contribution is -2.04. The molecular weight excluding hydrogens is 205 g/mol. The lowest BCUT2D eigenvalue weighted by Gasteiger charge is -2.00. The fourth-order valence-corrected chi connectivity index (χ4v) is 1.25. The molecule has 0 radical (unpaired) electrons. The molecule has 1 aromatic rings. The molecule has 0 aliphatic carbocycles. The van der Waals surface area contributed by atoms with Gasteiger partial charge in [-0.05, 0) is 24.5 Å². The predicted molar refractivity (Wildman–Crippen MR) is 52.1 cm³/mol. The fraction of sp³-hybridized carbons (Fsp3) is 0.500. The van der Waals surface area contributed by atoms with E-state index in [0.29, 0.717) is 5.69 Å². The zero-order valence-corrected chi connectivity index (χ0v) is 8.81. The molecule has 1 N–H and O–H groups in total. The number of hydrogen-bond donors (Lipinski definition) is 1. The van der Waals surface area contributed by atoms with Crippen LogP contribution in [-0.2, 0) is 6.18 Å². The maximum Gasteiger partial charge on any atom is 0.432 e. The van der Waals surface area contributed by atoms with Gasteiger partial charge in [0.1, 0.15) is 5.69 Å². The summed E-state index contributed by atoms with van der Waals surface area (Å²) in [6.45, 7) is 5.66. The number of H-pyrrole nitrogens is 1. The summed E-state index contributed by atoms with van der Waals surface area (Å²) in [4.78, 5) is 0. The van der Waals surface area contributed by atoms with Crippen LogP contribution >= 0.6 is 0 Å². The van der Waals surface area contributed by atoms with Crippen LogP contribution in [0, 0.1) is 5.92 Å². The van der Waals surface area contributed by atoms with Gasteiger partial charge < -0.3 is 0 Å². The second kappa shape index (κ2) is 4.08. The monoisotopic (exact) mass is 218 g/mol. The Morgan fingerprint density at radius 1 is 1.47 bits per heavy atom. The van der Waals surface area contributed by atoms with E-state index in [1.54, 1.807) is 6.92 Å². The van der Waals surface area contributed by atoms with E-state index in [-0.39, 0.29) is 5.92 Å². The molecule has 0 aliphatic heterocycles. The van der Waals surface area contributed by atoms with Crippen molar-refractivity contribution in [2.45, 2.75) is 26.9 Å². The third kappa shape index (κ3) is 3.11. The van der Waals surface area contributed by atoms with E-state index in [2.05, 4.69) is 5.10 Å². The normalized spacial score (nSPS) is 13.7. The molecule has 0 aliphatic rings. The highest BCUT2D eigenvalue weighted by Crippen LogP contribution is 2.29. The average molecular weight is 218 g/mol. The highest BCUT2D eigenvalue weighted by atomic mass is 19.4. The topological polar surface area (TPSA) is 28.7 Å². The number of rotatable bonds is 2. The zero-order chi connectivity index (χ0) is 11.6. The van der Waals surface area contributed by atoms with E-state index < -0.39 is 11.9 Å². The van der Waals surface area contributed by atoms with E-state index >= 15 is 0 Å². The highest BCUT2D eigenvalue weighted by Gasteiger charge is 2.33. The lowest BCUT2D eigenvalue weighted by molar-refractivity contribution is -0.141. The molecule has 0 bridgehead atoms. The minimum Gasteiger partial charge on any atom is -0.273 e. The molecule has 0 saturated heterocycles. The number of alkyl halides is 3. The summed E-state index contributed by atoms with van der Waals surface area (Å²) in [5, 5.41) is 5.61. The van der Waals surface area contributed by atoms with Crippen LogP contribution in [0.3, 0.4) is 0 Å². The second-order valence-electron chi connectivity index (χ2n) is 3.76. The van der Waals surface area contributed by atoms with Crippen molar-refractivity contribution in [3.05, 3.63) is 23.5 Å². The van der Waals surface area contributed by atoms with E-state index in [1.807, 2.05) is 25.0 Å². The van der Waals surface area contributed by atoms with Crippen molar-refractivity contribution in [1.82, 2.24) is 10.2 Å². The third-order valence-electron chi connectivity index (χ3n) is 1.87. The first-order valence-electron chi connectivity index (χ1n) is 4.62. The second-order valence-corrected chi connectivity index (χ2v) is 3.76. The molecule has 5 heteroatoms. The summed E-state index contributed by atoms with van der Waals surface area (Å²) in [6.07, 6.45) is -2.49. The van der Waals surface area contributed by atoms with Crippen molar-refractivity contribution >= 4 is 5.57 Å². The maximum atomic E-state index is 12.2. The minimum absolute atomic E-state index is 0.288. The third-order valence-corrected chi connectivity index (χ3v) is 1.87. The van der Waals surface area contributed by atoms with Gasteiger partial charge in [-0.15, -0.1) is 0 Å². The summed E-state index contributed by atoms with van der Waals surface area (Å²) < 4.78 is 36.7. The van der Waals surface area contributed by atoms with Crippen molar-refractivity contribution < 1.29 is 13.2 Å². The Bertz CT molecular complexity index is 361. The first kappa shape index (κ1) is 11.8. The minimum atomic E-state index is -4.36. The number of hydrogen-bond acceptors (Lipinski definition) is 1. The molecule has 0 atom stereocenters. The molecule has 15 heavy (non-hydrogen) atoms. The molecule has 1 rings (SSSR count). The van der Waals surface area contributed by atoms with Gasteiger partial charge in [-0.25, -0.2) is 0 Å². The van der Waals surface area contributed by atoms with Crippen LogP contribution in [0.4, 0.5) is 13.2 Å². The lowest BCUT2D eigenvalue weighted by atomic mass is 10.1. The number of nitrogens with zero attached hydrogens (tertiary/aromatic N) is 1. The Hall–Kier alpha value is -1.26. The number of allylic oxidation sites excluding steroid dienone is 2. The highest BCUT2D eigenvalue weighted by molar-refractivity contribution is 5.60. The first-order chi connectivity index (χ1) is 6.80. The van der Waals surface area contributed by atoms with Crippen molar-refractivity contribution in [3.63, 3.8) is 0 Å². The molecule has 0 amide bonds. The van der Waals surface area contributed by atoms with Crippen LogP contribution in [0.2, 0.25) is 0 Å². The van der Waals surface area contributed by atoms with Gasteiger partial charge in [0.25, 0.3) is 0 Å². The quantitative estimate of drug-likeness (QED) is 0.808. The largest absolute Gasteiger partial charge is 0.432 e. The van der Waals surface area contributed by atoms with Gasteiger partial charge >= 0.3 is 6.18 Å². The molecular formula is C10H13F3N2. The Morgan fingerprint density at radius 3 is 2.47 bits per heavy atom. The Labute approximate surface area is 86.2 Å². The van der Waals surface area contributed by atoms with E-state index in [1.165, 1.54) is 0 Å². The van der Waals surface area contributed by atoms with Gasteiger partial charge in [0.2, 0.25) is 0 Å². The zero-order valence-electron chi connectivity index (χ0n) is 8.81. The standard InChI is InChI=1S/C10H13F3N2/c1-6(2)4-7(3)8-5-9(15-14-8)10(11,12)13/h4-6H,1-3H3,(H,14,15)/b7-4+. The molecule has 2 nitrogen and oxygen atoms in total. The average Bonchev–Trinajstić information content (AvgIpc) is 2.48. The summed E-state index contributed by atoms with van der Waals surface area (Å²) in [5.41, 5.74) is 0.279. The molecule has 84 valence electrons. The Balaban J connectivity index is 2.95. The van der Waals surface area contributed by atoms with Crippen molar-refractivity contribution in [2.24, 2.45) is 5.92 Å². The Kier molecular flexibility index (Phi) is 3.21. The molecule has 0 aromatic carbocycles. The number of nitrogens with one attached hydrogen (secondary N) is 1. The van der Waals surface area contributed by atoms with Gasteiger partial charge in [0.05, 0.1) is 5.69 Å². The molecule has 0 fully saturated rings. The van der Waals surface area contributed by atoms with E-state index in [4.69, 9.17) is 0 Å².